The molecule has 30 heavy (non-hydrogen) atoms. The minimum atomic E-state index is -0.505. The summed E-state index contributed by atoms with van der Waals surface area (Å²) in [5, 5.41) is 3.12. The number of carbonyl (C=O) groups excluding carboxylic acids is 3. The molecule has 1 aromatic carbocycles. The number of nitrogens with one attached hydrogen (secondary N) is 1. The third kappa shape index (κ3) is 5.18. The second-order valence-electron chi connectivity index (χ2n) is 9.37. The molecular formula is C23H32FN3O3. The van der Waals surface area contributed by atoms with Crippen LogP contribution in [0.5, 0.6) is 0 Å². The highest BCUT2D eigenvalue weighted by Gasteiger charge is 2.33. The molecule has 1 aromatic rings. The van der Waals surface area contributed by atoms with Crippen LogP contribution in [0, 0.1) is 17.2 Å². The number of amides is 3. The number of benzene rings is 1. The number of hydrogen-bond donors (Lipinski definition) is 1. The number of nitrogens with zero attached hydrogens (tertiary/aromatic N) is 2. The van der Waals surface area contributed by atoms with Crippen molar-refractivity contribution < 1.29 is 18.8 Å². The second-order valence-corrected chi connectivity index (χ2v) is 9.37. The molecule has 2 aliphatic heterocycles. The molecule has 2 fully saturated rings. The van der Waals surface area contributed by atoms with E-state index in [-0.39, 0.29) is 35.2 Å². The fraction of sp³-hybridized carbons (Fsp3) is 0.609. The molecule has 2 heterocycles. The van der Waals surface area contributed by atoms with E-state index >= 15 is 0 Å². The third-order valence-electron chi connectivity index (χ3n) is 6.03. The molecule has 0 unspecified atom stereocenters. The maximum atomic E-state index is 13.9. The smallest absolute Gasteiger partial charge is 0.256 e. The number of halogens is 1. The molecule has 7 heteroatoms. The Balaban J connectivity index is 1.44. The van der Waals surface area contributed by atoms with Gasteiger partial charge in [-0.05, 0) is 37.8 Å². The summed E-state index contributed by atoms with van der Waals surface area (Å²) in [5.41, 5.74) is -0.306. The lowest BCUT2D eigenvalue weighted by atomic mass is 9.90. The van der Waals surface area contributed by atoms with Gasteiger partial charge in [0.25, 0.3) is 5.91 Å². The number of carbonyl (C=O) groups is 3. The van der Waals surface area contributed by atoms with E-state index in [0.717, 1.165) is 0 Å². The first-order valence-electron chi connectivity index (χ1n) is 10.8. The maximum absolute atomic E-state index is 13.9. The van der Waals surface area contributed by atoms with E-state index in [9.17, 15) is 18.8 Å². The molecule has 0 saturated carbocycles. The van der Waals surface area contributed by atoms with Crippen molar-refractivity contribution in [3.8, 4) is 0 Å². The van der Waals surface area contributed by atoms with E-state index in [1.807, 2.05) is 25.7 Å². The summed E-state index contributed by atoms with van der Waals surface area (Å²) in [6.07, 6.45) is 2.68. The Hall–Kier alpha value is -2.44. The highest BCUT2D eigenvalue weighted by Crippen LogP contribution is 2.24. The molecule has 164 valence electrons. The fourth-order valence-electron chi connectivity index (χ4n) is 4.17. The predicted octanol–water partition coefficient (Wildman–Crippen LogP) is 2.83. The van der Waals surface area contributed by atoms with Crippen molar-refractivity contribution >= 4 is 17.7 Å². The van der Waals surface area contributed by atoms with Gasteiger partial charge in [-0.3, -0.25) is 14.4 Å². The molecule has 0 aliphatic carbocycles. The zero-order chi connectivity index (χ0) is 21.9. The summed E-state index contributed by atoms with van der Waals surface area (Å²) >= 11 is 0. The van der Waals surface area contributed by atoms with Gasteiger partial charge in [0.05, 0.1) is 5.56 Å². The summed E-state index contributed by atoms with van der Waals surface area (Å²) in [6.45, 7) is 7.97. The zero-order valence-corrected chi connectivity index (χ0v) is 18.1. The van der Waals surface area contributed by atoms with Gasteiger partial charge in [0.2, 0.25) is 11.8 Å². The minimum Gasteiger partial charge on any atom is -0.353 e. The second kappa shape index (κ2) is 9.14. The Morgan fingerprint density at radius 1 is 0.933 bits per heavy atom. The third-order valence-corrected chi connectivity index (χ3v) is 6.03. The van der Waals surface area contributed by atoms with Crippen LogP contribution in [0.1, 0.15) is 56.8 Å². The van der Waals surface area contributed by atoms with Gasteiger partial charge in [-0.2, -0.15) is 0 Å². The van der Waals surface area contributed by atoms with E-state index in [1.54, 1.807) is 17.0 Å². The molecule has 0 bridgehead atoms. The van der Waals surface area contributed by atoms with E-state index < -0.39 is 11.2 Å². The Bertz CT molecular complexity index is 789. The maximum Gasteiger partial charge on any atom is 0.256 e. The first-order chi connectivity index (χ1) is 14.2. The summed E-state index contributed by atoms with van der Waals surface area (Å²) < 4.78 is 13.9. The minimum absolute atomic E-state index is 0.0245. The predicted molar refractivity (Wildman–Crippen MR) is 112 cm³/mol. The molecule has 2 aliphatic rings. The fourth-order valence-corrected chi connectivity index (χ4v) is 4.17. The van der Waals surface area contributed by atoms with Crippen LogP contribution in [0.15, 0.2) is 24.3 Å². The van der Waals surface area contributed by atoms with Crippen LogP contribution < -0.4 is 5.32 Å². The summed E-state index contributed by atoms with van der Waals surface area (Å²) in [7, 11) is 0. The Morgan fingerprint density at radius 3 is 2.07 bits per heavy atom. The molecule has 0 radical (unpaired) electrons. The molecule has 6 nitrogen and oxygen atoms in total. The van der Waals surface area contributed by atoms with E-state index in [1.165, 1.54) is 12.1 Å². The van der Waals surface area contributed by atoms with Gasteiger partial charge in [-0.1, -0.05) is 32.9 Å². The summed E-state index contributed by atoms with van der Waals surface area (Å²) in [4.78, 5) is 41.1. The normalized spacial score (nSPS) is 18.9. The Labute approximate surface area is 177 Å². The van der Waals surface area contributed by atoms with Gasteiger partial charge < -0.3 is 15.1 Å². The van der Waals surface area contributed by atoms with Crippen LogP contribution in [0.25, 0.3) is 0 Å². The SMILES string of the molecule is CC(C)(C)C(=O)N1CCC(C(=O)NC2CCN(C(=O)c3ccccc3F)CC2)CC1. The Morgan fingerprint density at radius 2 is 1.50 bits per heavy atom. The molecule has 2 saturated heterocycles. The zero-order valence-electron chi connectivity index (χ0n) is 18.1. The van der Waals surface area contributed by atoms with Crippen LogP contribution in [0.2, 0.25) is 0 Å². The monoisotopic (exact) mass is 417 g/mol. The molecule has 1 N–H and O–H groups in total. The van der Waals surface area contributed by atoms with E-state index in [4.69, 9.17) is 0 Å². The first-order valence-corrected chi connectivity index (χ1v) is 10.8. The van der Waals surface area contributed by atoms with Crippen LogP contribution in [0.3, 0.4) is 0 Å². The van der Waals surface area contributed by atoms with Gasteiger partial charge >= 0.3 is 0 Å². The molecule has 0 aromatic heterocycles. The topological polar surface area (TPSA) is 69.7 Å². The van der Waals surface area contributed by atoms with Gasteiger partial charge in [0.1, 0.15) is 5.82 Å². The highest BCUT2D eigenvalue weighted by molar-refractivity contribution is 5.94. The first kappa shape index (κ1) is 22.2. The molecule has 0 spiro atoms. The van der Waals surface area contributed by atoms with Crippen LogP contribution in [-0.2, 0) is 9.59 Å². The van der Waals surface area contributed by atoms with Gasteiger partial charge in [0.15, 0.2) is 0 Å². The van der Waals surface area contributed by atoms with Crippen molar-refractivity contribution in [3.63, 3.8) is 0 Å². The lowest BCUT2D eigenvalue weighted by Gasteiger charge is -2.36. The van der Waals surface area contributed by atoms with Gasteiger partial charge in [0, 0.05) is 43.6 Å². The van der Waals surface area contributed by atoms with Crippen molar-refractivity contribution in [2.75, 3.05) is 26.2 Å². The number of piperidine rings is 2. The van der Waals surface area contributed by atoms with Crippen LogP contribution in [-0.4, -0.2) is 59.7 Å². The molecule has 3 amide bonds. The average molecular weight is 418 g/mol. The van der Waals surface area contributed by atoms with E-state index in [0.29, 0.717) is 51.9 Å². The number of rotatable bonds is 3. The number of likely N-dealkylation sites (tertiary alicyclic amines) is 2. The highest BCUT2D eigenvalue weighted by atomic mass is 19.1. The van der Waals surface area contributed by atoms with Crippen molar-refractivity contribution in [2.45, 2.75) is 52.5 Å². The quantitative estimate of drug-likeness (QED) is 0.822. The molecule has 3 rings (SSSR count). The van der Waals surface area contributed by atoms with Crippen molar-refractivity contribution in [1.82, 2.24) is 15.1 Å². The largest absolute Gasteiger partial charge is 0.353 e. The lowest BCUT2D eigenvalue weighted by molar-refractivity contribution is -0.142. The molecular weight excluding hydrogens is 385 g/mol. The van der Waals surface area contributed by atoms with Crippen molar-refractivity contribution in [2.24, 2.45) is 11.3 Å². The van der Waals surface area contributed by atoms with Gasteiger partial charge in [-0.25, -0.2) is 4.39 Å². The molecule has 0 atom stereocenters. The van der Waals surface area contributed by atoms with E-state index in [2.05, 4.69) is 5.32 Å². The number of hydrogen-bond acceptors (Lipinski definition) is 3. The van der Waals surface area contributed by atoms with Gasteiger partial charge in [-0.15, -0.1) is 0 Å². The summed E-state index contributed by atoms with van der Waals surface area (Å²) in [5.74, 6) is -0.708. The standard InChI is InChI=1S/C23H32FN3O3/c1-23(2,3)22(30)27-12-8-16(9-13-27)20(28)25-17-10-14-26(15-11-17)21(29)18-6-4-5-7-19(18)24/h4-7,16-17H,8-15H2,1-3H3,(H,25,28). The average Bonchev–Trinajstić information content (AvgIpc) is 2.73. The lowest BCUT2D eigenvalue weighted by Crippen LogP contribution is -2.50. The summed E-state index contributed by atoms with van der Waals surface area (Å²) in [6, 6.07) is 6.04. The van der Waals surface area contributed by atoms with Crippen LogP contribution >= 0.6 is 0 Å². The van der Waals surface area contributed by atoms with Crippen LogP contribution in [0.4, 0.5) is 4.39 Å². The Kier molecular flexibility index (Phi) is 6.78. The van der Waals surface area contributed by atoms with Crippen molar-refractivity contribution in [3.05, 3.63) is 35.6 Å². The van der Waals surface area contributed by atoms with Crippen molar-refractivity contribution in [1.29, 1.82) is 0 Å².